The molecule has 1 saturated heterocycles. The molecular formula is C9H17NO. The lowest BCUT2D eigenvalue weighted by Gasteiger charge is -2.21. The molecule has 0 aromatic heterocycles. The van der Waals surface area contributed by atoms with E-state index in [1.54, 1.807) is 0 Å². The van der Waals surface area contributed by atoms with Crippen molar-refractivity contribution in [1.29, 1.82) is 0 Å². The van der Waals surface area contributed by atoms with Gasteiger partial charge in [-0.15, -0.1) is 0 Å². The van der Waals surface area contributed by atoms with Gasteiger partial charge in [0.25, 0.3) is 0 Å². The molecule has 11 heavy (non-hydrogen) atoms. The van der Waals surface area contributed by atoms with Crippen molar-refractivity contribution in [3.63, 3.8) is 0 Å². The van der Waals surface area contributed by atoms with E-state index >= 15 is 0 Å². The van der Waals surface area contributed by atoms with Crippen LogP contribution in [0.1, 0.15) is 32.6 Å². The van der Waals surface area contributed by atoms with E-state index < -0.39 is 0 Å². The Bertz CT molecular complexity index is 128. The molecule has 1 N–H and O–H groups in total. The summed E-state index contributed by atoms with van der Waals surface area (Å²) in [5, 5.41) is 3.25. The molecule has 0 bridgehead atoms. The molecule has 1 aliphatic rings. The summed E-state index contributed by atoms with van der Waals surface area (Å²) >= 11 is 0. The average Bonchev–Trinajstić information content (AvgIpc) is 2.07. The van der Waals surface area contributed by atoms with Crippen LogP contribution in [0.3, 0.4) is 0 Å². The standard InChI is InChI=1S/C9H17NO/c1-2-4-9(11)8-5-3-6-10-7-8/h8,10H,2-7H2,1H3. The summed E-state index contributed by atoms with van der Waals surface area (Å²) in [6.45, 7) is 4.07. The van der Waals surface area contributed by atoms with Crippen molar-refractivity contribution in [2.75, 3.05) is 13.1 Å². The van der Waals surface area contributed by atoms with Gasteiger partial charge >= 0.3 is 0 Å². The Morgan fingerprint density at radius 2 is 2.45 bits per heavy atom. The fourth-order valence-corrected chi connectivity index (χ4v) is 1.58. The van der Waals surface area contributed by atoms with Gasteiger partial charge in [0.15, 0.2) is 0 Å². The van der Waals surface area contributed by atoms with Gasteiger partial charge in [0.1, 0.15) is 5.78 Å². The smallest absolute Gasteiger partial charge is 0.137 e. The van der Waals surface area contributed by atoms with Crippen molar-refractivity contribution >= 4 is 5.78 Å². The molecule has 0 radical (unpaired) electrons. The van der Waals surface area contributed by atoms with Gasteiger partial charge in [-0.05, 0) is 25.8 Å². The fourth-order valence-electron chi connectivity index (χ4n) is 1.58. The summed E-state index contributed by atoms with van der Waals surface area (Å²) in [5.74, 6) is 0.781. The van der Waals surface area contributed by atoms with E-state index in [1.807, 2.05) is 0 Å². The first-order valence-corrected chi connectivity index (χ1v) is 4.58. The largest absolute Gasteiger partial charge is 0.316 e. The number of piperidine rings is 1. The number of hydrogen-bond donors (Lipinski definition) is 1. The quantitative estimate of drug-likeness (QED) is 0.666. The normalized spacial score (nSPS) is 25.0. The zero-order valence-electron chi connectivity index (χ0n) is 7.23. The average molecular weight is 155 g/mol. The first kappa shape index (κ1) is 8.72. The lowest BCUT2D eigenvalue weighted by Crippen LogP contribution is -2.34. The molecular weight excluding hydrogens is 138 g/mol. The van der Waals surface area contributed by atoms with Crippen LogP contribution in [0.2, 0.25) is 0 Å². The Kier molecular flexibility index (Phi) is 3.57. The number of rotatable bonds is 3. The summed E-state index contributed by atoms with van der Waals surface area (Å²) in [4.78, 5) is 11.4. The summed E-state index contributed by atoms with van der Waals surface area (Å²) < 4.78 is 0. The van der Waals surface area contributed by atoms with Crippen LogP contribution in [0.15, 0.2) is 0 Å². The van der Waals surface area contributed by atoms with Gasteiger partial charge in [0, 0.05) is 18.9 Å². The van der Waals surface area contributed by atoms with E-state index in [1.165, 1.54) is 6.42 Å². The monoisotopic (exact) mass is 155 g/mol. The van der Waals surface area contributed by atoms with E-state index in [0.717, 1.165) is 32.4 Å². The molecule has 0 spiro atoms. The lowest BCUT2D eigenvalue weighted by atomic mass is 9.93. The Morgan fingerprint density at radius 1 is 1.64 bits per heavy atom. The predicted octanol–water partition coefficient (Wildman–Crippen LogP) is 1.36. The van der Waals surface area contributed by atoms with Gasteiger partial charge in [-0.25, -0.2) is 0 Å². The topological polar surface area (TPSA) is 29.1 Å². The number of carbonyl (C=O) groups is 1. The Morgan fingerprint density at radius 3 is 3.00 bits per heavy atom. The molecule has 64 valence electrons. The van der Waals surface area contributed by atoms with Crippen molar-refractivity contribution in [2.45, 2.75) is 32.6 Å². The highest BCUT2D eigenvalue weighted by Gasteiger charge is 2.19. The maximum absolute atomic E-state index is 11.4. The van der Waals surface area contributed by atoms with Crippen molar-refractivity contribution in [3.8, 4) is 0 Å². The minimum absolute atomic E-state index is 0.323. The van der Waals surface area contributed by atoms with Crippen LogP contribution in [-0.4, -0.2) is 18.9 Å². The van der Waals surface area contributed by atoms with Gasteiger partial charge in [-0.3, -0.25) is 4.79 Å². The zero-order valence-corrected chi connectivity index (χ0v) is 7.23. The highest BCUT2D eigenvalue weighted by molar-refractivity contribution is 5.81. The van der Waals surface area contributed by atoms with Crippen LogP contribution in [0.25, 0.3) is 0 Å². The van der Waals surface area contributed by atoms with Crippen LogP contribution in [0.4, 0.5) is 0 Å². The molecule has 0 amide bonds. The number of Topliss-reactive ketones (excluding diaryl/α,β-unsaturated/α-hetero) is 1. The van der Waals surface area contributed by atoms with Gasteiger partial charge in [-0.2, -0.15) is 0 Å². The molecule has 2 nitrogen and oxygen atoms in total. The minimum atomic E-state index is 0.323. The molecule has 2 heteroatoms. The van der Waals surface area contributed by atoms with E-state index in [-0.39, 0.29) is 0 Å². The second kappa shape index (κ2) is 4.50. The lowest BCUT2D eigenvalue weighted by molar-refractivity contribution is -0.123. The second-order valence-corrected chi connectivity index (χ2v) is 3.26. The molecule has 0 saturated carbocycles. The van der Waals surface area contributed by atoms with Gasteiger partial charge < -0.3 is 5.32 Å². The molecule has 0 aliphatic carbocycles. The maximum Gasteiger partial charge on any atom is 0.137 e. The zero-order chi connectivity index (χ0) is 8.10. The van der Waals surface area contributed by atoms with Crippen LogP contribution < -0.4 is 5.32 Å². The third-order valence-electron chi connectivity index (χ3n) is 2.25. The van der Waals surface area contributed by atoms with Crippen LogP contribution >= 0.6 is 0 Å². The molecule has 1 heterocycles. The molecule has 0 aromatic carbocycles. The second-order valence-electron chi connectivity index (χ2n) is 3.26. The third-order valence-corrected chi connectivity index (χ3v) is 2.25. The van der Waals surface area contributed by atoms with Gasteiger partial charge in [0.2, 0.25) is 0 Å². The minimum Gasteiger partial charge on any atom is -0.316 e. The molecule has 0 aromatic rings. The third kappa shape index (κ3) is 2.62. The van der Waals surface area contributed by atoms with Crippen LogP contribution in [0, 0.1) is 5.92 Å². The van der Waals surface area contributed by atoms with Gasteiger partial charge in [0.05, 0.1) is 0 Å². The highest BCUT2D eigenvalue weighted by atomic mass is 16.1. The summed E-state index contributed by atoms with van der Waals surface area (Å²) in [7, 11) is 0. The number of hydrogen-bond acceptors (Lipinski definition) is 2. The fraction of sp³-hybridized carbons (Fsp3) is 0.889. The Labute approximate surface area is 68.4 Å². The van der Waals surface area contributed by atoms with Crippen LogP contribution in [0.5, 0.6) is 0 Å². The van der Waals surface area contributed by atoms with E-state index in [4.69, 9.17) is 0 Å². The molecule has 1 rings (SSSR count). The van der Waals surface area contributed by atoms with Crippen molar-refractivity contribution in [1.82, 2.24) is 5.32 Å². The van der Waals surface area contributed by atoms with Gasteiger partial charge in [-0.1, -0.05) is 6.92 Å². The number of carbonyl (C=O) groups excluding carboxylic acids is 1. The van der Waals surface area contributed by atoms with E-state index in [9.17, 15) is 4.79 Å². The summed E-state index contributed by atoms with van der Waals surface area (Å²) in [5.41, 5.74) is 0. The first-order valence-electron chi connectivity index (χ1n) is 4.58. The predicted molar refractivity (Wildman–Crippen MR) is 45.5 cm³/mol. The summed E-state index contributed by atoms with van der Waals surface area (Å²) in [6.07, 6.45) is 4.04. The van der Waals surface area contributed by atoms with Crippen molar-refractivity contribution < 1.29 is 4.79 Å². The van der Waals surface area contributed by atoms with E-state index in [0.29, 0.717) is 11.7 Å². The molecule has 1 unspecified atom stereocenters. The Balaban J connectivity index is 2.27. The highest BCUT2D eigenvalue weighted by Crippen LogP contribution is 2.13. The van der Waals surface area contributed by atoms with E-state index in [2.05, 4.69) is 12.2 Å². The number of nitrogens with one attached hydrogen (secondary N) is 1. The van der Waals surface area contributed by atoms with Crippen molar-refractivity contribution in [3.05, 3.63) is 0 Å². The first-order chi connectivity index (χ1) is 5.34. The molecule has 1 fully saturated rings. The molecule has 1 aliphatic heterocycles. The van der Waals surface area contributed by atoms with Crippen molar-refractivity contribution in [2.24, 2.45) is 5.92 Å². The SMILES string of the molecule is CCCC(=O)C1CCCNC1. The molecule has 1 atom stereocenters. The summed E-state index contributed by atoms with van der Waals surface area (Å²) in [6, 6.07) is 0. The van der Waals surface area contributed by atoms with Crippen LogP contribution in [-0.2, 0) is 4.79 Å². The Hall–Kier alpha value is -0.370. The number of ketones is 1. The maximum atomic E-state index is 11.4.